The Bertz CT molecular complexity index is 1520. The van der Waals surface area contributed by atoms with E-state index in [0.29, 0.717) is 5.69 Å². The molecule has 3 heterocycles. The van der Waals surface area contributed by atoms with Crippen LogP contribution < -0.4 is 9.77 Å². The Morgan fingerprint density at radius 1 is 1.03 bits per heavy atom. The van der Waals surface area contributed by atoms with Gasteiger partial charge >= 0.3 is 4.87 Å². The topological polar surface area (TPSA) is 113 Å². The first kappa shape index (κ1) is 22.4. The Balaban J connectivity index is 1.30. The molecule has 4 aliphatic rings. The molecular weight excluding hydrogens is 566 g/mol. The average molecular weight is 584 g/mol. The van der Waals surface area contributed by atoms with Crippen molar-refractivity contribution < 1.29 is 14.5 Å². The maximum absolute atomic E-state index is 13.7. The predicted molar refractivity (Wildman–Crippen MR) is 138 cm³/mol. The molecule has 0 spiro atoms. The van der Waals surface area contributed by atoms with Gasteiger partial charge in [-0.3, -0.25) is 29.4 Å². The fraction of sp³-hybridized carbons (Fsp3) is 0.320. The molecule has 7 atom stereocenters. The van der Waals surface area contributed by atoms with Crippen LogP contribution in [0.3, 0.4) is 0 Å². The minimum atomic E-state index is -0.501. The molecule has 2 bridgehead atoms. The molecule has 0 radical (unpaired) electrons. The molecule has 2 aliphatic carbocycles. The van der Waals surface area contributed by atoms with Crippen LogP contribution in [0.15, 0.2) is 62.8 Å². The minimum Gasteiger partial charge on any atom is -0.307 e. The summed E-state index contributed by atoms with van der Waals surface area (Å²) in [6, 6.07) is 13.7. The Morgan fingerprint density at radius 2 is 1.75 bits per heavy atom. The molecule has 0 unspecified atom stereocenters. The summed E-state index contributed by atoms with van der Waals surface area (Å²) < 4.78 is 0.955. The van der Waals surface area contributed by atoms with Crippen molar-refractivity contribution in [1.82, 2.24) is 4.98 Å². The predicted octanol–water partition coefficient (Wildman–Crippen LogP) is 4.79. The third kappa shape index (κ3) is 3.02. The van der Waals surface area contributed by atoms with Gasteiger partial charge in [-0.05, 0) is 54.0 Å². The van der Waals surface area contributed by atoms with Gasteiger partial charge in [0.2, 0.25) is 11.8 Å². The lowest BCUT2D eigenvalue weighted by Crippen LogP contribution is -2.42. The summed E-state index contributed by atoms with van der Waals surface area (Å²) in [5.74, 6) is -1.09. The van der Waals surface area contributed by atoms with Crippen molar-refractivity contribution in [3.05, 3.63) is 83.2 Å². The number of non-ortho nitro benzene ring substituents is 1. The van der Waals surface area contributed by atoms with Gasteiger partial charge in [-0.1, -0.05) is 39.4 Å². The number of halogens is 1. The highest BCUT2D eigenvalue weighted by Gasteiger charge is 2.69. The second kappa shape index (κ2) is 7.87. The number of aromatic nitrogens is 1. The second-order valence-corrected chi connectivity index (χ2v) is 12.9. The molecule has 3 fully saturated rings. The van der Waals surface area contributed by atoms with E-state index in [1.165, 1.54) is 40.5 Å². The van der Waals surface area contributed by atoms with Crippen molar-refractivity contribution in [2.75, 3.05) is 4.90 Å². The Kier molecular flexibility index (Phi) is 4.90. The van der Waals surface area contributed by atoms with E-state index in [2.05, 4.69) is 33.0 Å². The number of imide groups is 1. The summed E-state index contributed by atoms with van der Waals surface area (Å²) >= 11 is 6.47. The zero-order valence-corrected chi connectivity index (χ0v) is 21.7. The average Bonchev–Trinajstić information content (AvgIpc) is 3.58. The number of nitrogens with zero attached hydrogens (tertiary/aromatic N) is 2. The van der Waals surface area contributed by atoms with Crippen LogP contribution in [-0.4, -0.2) is 27.0 Å². The van der Waals surface area contributed by atoms with Gasteiger partial charge in [0.25, 0.3) is 5.69 Å². The van der Waals surface area contributed by atoms with Crippen molar-refractivity contribution in [2.45, 2.75) is 22.6 Å². The van der Waals surface area contributed by atoms with E-state index in [4.69, 9.17) is 0 Å². The molecule has 2 aromatic carbocycles. The van der Waals surface area contributed by atoms with E-state index in [0.717, 1.165) is 26.4 Å². The van der Waals surface area contributed by atoms with Gasteiger partial charge in [0.1, 0.15) is 0 Å². The van der Waals surface area contributed by atoms with E-state index in [1.54, 1.807) is 11.8 Å². The lowest BCUT2D eigenvalue weighted by atomic mass is 9.68. The Morgan fingerprint density at radius 3 is 2.44 bits per heavy atom. The molecule has 1 aromatic heterocycles. The first-order chi connectivity index (χ1) is 17.3. The van der Waals surface area contributed by atoms with Gasteiger partial charge < -0.3 is 4.98 Å². The summed E-state index contributed by atoms with van der Waals surface area (Å²) in [5.41, 5.74) is 1.40. The first-order valence-electron chi connectivity index (χ1n) is 11.6. The van der Waals surface area contributed by atoms with Crippen molar-refractivity contribution in [2.24, 2.45) is 29.6 Å². The summed E-state index contributed by atoms with van der Waals surface area (Å²) in [5, 5.41) is 12.0. The largest absolute Gasteiger partial charge is 0.307 e. The van der Waals surface area contributed by atoms with Gasteiger partial charge in [-0.25, -0.2) is 0 Å². The smallest absolute Gasteiger partial charge is 0.305 e. The van der Waals surface area contributed by atoms with Crippen LogP contribution in [0, 0.1) is 39.7 Å². The standard InChI is InChI=1S/C25H18BrN3O5S2/c26-11-3-1-2-10(8-11)16-17-14-9-15(20(17)35-22-21(16)36-25(32)27-22)19-18(14)23(30)28(24(19)31)12-4-6-13(7-5-12)29(33)34/h1-8,14-20H,9H2,(H,27,32)/t14-,15-,16+,17+,18+,19+,20-/m1/s1. The van der Waals surface area contributed by atoms with E-state index in [9.17, 15) is 24.5 Å². The molecule has 1 saturated heterocycles. The number of amides is 2. The van der Waals surface area contributed by atoms with Gasteiger partial charge in [-0.15, -0.1) is 11.8 Å². The van der Waals surface area contributed by atoms with E-state index >= 15 is 0 Å². The Labute approximate surface area is 221 Å². The van der Waals surface area contributed by atoms with Crippen molar-refractivity contribution in [3.8, 4) is 0 Å². The number of fused-ring (bicyclic) bond motifs is 9. The minimum absolute atomic E-state index is 0.0198. The van der Waals surface area contributed by atoms with Crippen LogP contribution in [-0.2, 0) is 9.59 Å². The molecule has 7 rings (SSSR count). The van der Waals surface area contributed by atoms with Crippen LogP contribution in [0.4, 0.5) is 11.4 Å². The third-order valence-corrected chi connectivity index (χ3v) is 11.3. The number of thiazole rings is 1. The number of thioether (sulfide) groups is 1. The van der Waals surface area contributed by atoms with Crippen molar-refractivity contribution >= 4 is 62.2 Å². The van der Waals surface area contributed by atoms with Crippen LogP contribution >= 0.6 is 39.0 Å². The highest BCUT2D eigenvalue weighted by atomic mass is 79.9. The quantitative estimate of drug-likeness (QED) is 0.269. The summed E-state index contributed by atoms with van der Waals surface area (Å²) in [4.78, 5) is 55.4. The van der Waals surface area contributed by atoms with Crippen LogP contribution in [0.5, 0.6) is 0 Å². The number of nitro benzene ring substituents is 1. The zero-order valence-electron chi connectivity index (χ0n) is 18.5. The molecule has 182 valence electrons. The number of nitrogens with one attached hydrogen (secondary N) is 1. The summed E-state index contributed by atoms with van der Waals surface area (Å²) in [7, 11) is 0. The summed E-state index contributed by atoms with van der Waals surface area (Å²) in [6.45, 7) is 0. The van der Waals surface area contributed by atoms with Gasteiger partial charge in [0, 0.05) is 32.7 Å². The molecule has 11 heteroatoms. The van der Waals surface area contributed by atoms with Gasteiger partial charge in [-0.2, -0.15) is 0 Å². The molecule has 2 saturated carbocycles. The molecular formula is C25H18BrN3O5S2. The number of benzene rings is 2. The van der Waals surface area contributed by atoms with Crippen LogP contribution in [0.1, 0.15) is 22.8 Å². The monoisotopic (exact) mass is 583 g/mol. The number of anilines is 1. The number of hydrogen-bond donors (Lipinski definition) is 1. The normalized spacial score (nSPS) is 31.9. The molecule has 2 amide bonds. The number of carbonyl (C=O) groups is 2. The van der Waals surface area contributed by atoms with Crippen LogP contribution in [0.2, 0.25) is 0 Å². The molecule has 2 aliphatic heterocycles. The highest BCUT2D eigenvalue weighted by molar-refractivity contribution is 9.10. The second-order valence-electron chi connectivity index (χ2n) is 9.80. The lowest BCUT2D eigenvalue weighted by Gasteiger charge is -2.43. The lowest BCUT2D eigenvalue weighted by molar-refractivity contribution is -0.384. The maximum atomic E-state index is 13.7. The number of nitro groups is 1. The van der Waals surface area contributed by atoms with Crippen molar-refractivity contribution in [3.63, 3.8) is 0 Å². The molecule has 3 aromatic rings. The van der Waals surface area contributed by atoms with E-state index < -0.39 is 16.8 Å². The first-order valence-corrected chi connectivity index (χ1v) is 14.1. The molecule has 8 nitrogen and oxygen atoms in total. The molecule has 1 N–H and O–H groups in total. The van der Waals surface area contributed by atoms with E-state index in [-0.39, 0.29) is 51.3 Å². The molecule has 36 heavy (non-hydrogen) atoms. The fourth-order valence-electron chi connectivity index (χ4n) is 7.07. The number of aromatic amines is 1. The third-order valence-electron chi connectivity index (χ3n) is 8.25. The summed E-state index contributed by atoms with van der Waals surface area (Å²) in [6.07, 6.45) is 0.812. The fourth-order valence-corrected chi connectivity index (χ4v) is 10.4. The van der Waals surface area contributed by atoms with Gasteiger partial charge in [0.15, 0.2) is 0 Å². The van der Waals surface area contributed by atoms with Crippen molar-refractivity contribution in [1.29, 1.82) is 0 Å². The maximum Gasteiger partial charge on any atom is 0.305 e. The number of rotatable bonds is 3. The van der Waals surface area contributed by atoms with Crippen LogP contribution in [0.25, 0.3) is 0 Å². The Hall–Kier alpha value is -2.76. The number of hydrogen-bond acceptors (Lipinski definition) is 7. The van der Waals surface area contributed by atoms with Gasteiger partial charge in [0.05, 0.1) is 27.5 Å². The number of H-pyrrole nitrogens is 1. The zero-order chi connectivity index (χ0) is 24.9. The number of carbonyl (C=O) groups excluding carboxylic acids is 2. The SMILES string of the molecule is O=C1[C@H]2[C@H]3C[C@@H]([C@@H]2C(=O)N1c1ccc([N+](=O)[O-])cc1)[C@H]1[C@H](c2cccc(Br)c2)c2sc(=O)[nH]c2S[C@H]31. The van der Waals surface area contributed by atoms with E-state index in [1.807, 2.05) is 12.1 Å². The highest BCUT2D eigenvalue weighted by Crippen LogP contribution is 2.68.